The van der Waals surface area contributed by atoms with Crippen LogP contribution in [0.25, 0.3) is 27.2 Å². The molecule has 146 valence electrons. The predicted octanol–water partition coefficient (Wildman–Crippen LogP) is 5.71. The first-order valence-corrected chi connectivity index (χ1v) is 10.4. The normalized spacial score (nSPS) is 11.0. The Kier molecular flexibility index (Phi) is 4.61. The summed E-state index contributed by atoms with van der Waals surface area (Å²) in [5.74, 6) is -0.173. The summed E-state index contributed by atoms with van der Waals surface area (Å²) in [4.78, 5) is 20.7. The molecule has 3 aromatic heterocycles. The predicted molar refractivity (Wildman–Crippen MR) is 121 cm³/mol. The summed E-state index contributed by atoms with van der Waals surface area (Å²) in [7, 11) is 0. The van der Waals surface area contributed by atoms with Gasteiger partial charge in [-0.05, 0) is 67.6 Å². The van der Waals surface area contributed by atoms with E-state index in [2.05, 4.69) is 51.0 Å². The third-order valence-electron chi connectivity index (χ3n) is 4.97. The van der Waals surface area contributed by atoms with E-state index in [9.17, 15) is 4.79 Å². The average Bonchev–Trinajstić information content (AvgIpc) is 3.42. The van der Waals surface area contributed by atoms with Crippen LogP contribution in [-0.4, -0.2) is 20.4 Å². The number of fused-ring (bicyclic) bond motifs is 1. The molecular formula is C24H18N4OS. The van der Waals surface area contributed by atoms with E-state index in [0.29, 0.717) is 5.56 Å². The maximum Gasteiger partial charge on any atom is 0.257 e. The number of thiazole rings is 1. The molecule has 0 unspecified atom stereocenters. The zero-order valence-electron chi connectivity index (χ0n) is 16.2. The molecule has 2 aromatic carbocycles. The highest BCUT2D eigenvalue weighted by Gasteiger charge is 2.11. The number of carbonyl (C=O) groups is 1. The van der Waals surface area contributed by atoms with Crippen molar-refractivity contribution in [1.29, 1.82) is 0 Å². The third-order valence-corrected chi connectivity index (χ3v) is 5.79. The maximum absolute atomic E-state index is 12.3. The molecule has 5 rings (SSSR count). The van der Waals surface area contributed by atoms with Crippen LogP contribution < -0.4 is 5.32 Å². The second-order valence-electron chi connectivity index (χ2n) is 6.97. The first kappa shape index (κ1) is 18.3. The summed E-state index contributed by atoms with van der Waals surface area (Å²) in [5, 5.41) is 7.10. The van der Waals surface area contributed by atoms with E-state index in [1.165, 1.54) is 5.39 Å². The second kappa shape index (κ2) is 7.57. The number of carbonyl (C=O) groups excluding carboxylic acids is 1. The summed E-state index contributed by atoms with van der Waals surface area (Å²) in [6.07, 6.45) is 5.03. The summed E-state index contributed by atoms with van der Waals surface area (Å²) < 4.78 is 2.22. The van der Waals surface area contributed by atoms with Crippen molar-refractivity contribution in [3.05, 3.63) is 95.9 Å². The van der Waals surface area contributed by atoms with Gasteiger partial charge in [-0.25, -0.2) is 4.98 Å². The smallest absolute Gasteiger partial charge is 0.257 e. The van der Waals surface area contributed by atoms with Crippen LogP contribution >= 0.6 is 11.3 Å². The fourth-order valence-corrected chi connectivity index (χ4v) is 4.22. The van der Waals surface area contributed by atoms with Gasteiger partial charge in [0.1, 0.15) is 5.01 Å². The highest BCUT2D eigenvalue weighted by Crippen LogP contribution is 2.30. The fourth-order valence-electron chi connectivity index (χ4n) is 3.59. The Bertz CT molecular complexity index is 1320. The Hall–Kier alpha value is -3.77. The van der Waals surface area contributed by atoms with Crippen LogP contribution in [0.1, 0.15) is 16.1 Å². The van der Waals surface area contributed by atoms with Gasteiger partial charge in [-0.15, -0.1) is 11.3 Å². The van der Waals surface area contributed by atoms with Crippen LogP contribution in [0, 0.1) is 6.92 Å². The van der Waals surface area contributed by atoms with E-state index >= 15 is 0 Å². The van der Waals surface area contributed by atoms with E-state index in [1.807, 2.05) is 35.8 Å². The van der Waals surface area contributed by atoms with Crippen LogP contribution in [0.15, 0.2) is 84.6 Å². The number of anilines is 1. The Labute approximate surface area is 177 Å². The minimum atomic E-state index is -0.173. The van der Waals surface area contributed by atoms with Gasteiger partial charge < -0.3 is 9.88 Å². The molecule has 0 fully saturated rings. The minimum Gasteiger partial charge on any atom is -0.322 e. The highest BCUT2D eigenvalue weighted by atomic mass is 32.1. The number of amides is 1. The Morgan fingerprint density at radius 2 is 1.90 bits per heavy atom. The number of hydrogen-bond donors (Lipinski definition) is 1. The molecular weight excluding hydrogens is 392 g/mol. The standard InChI is InChI=1S/C24H18N4OS/c1-16-13-19-14-17(24-26-11-12-30-24)4-9-22(19)28(16)21-7-5-20(6-8-21)27-23(29)18-3-2-10-25-15-18/h2-15H,1H3,(H,27,29). The van der Waals surface area contributed by atoms with Gasteiger partial charge in [0.15, 0.2) is 0 Å². The Balaban J connectivity index is 1.44. The third kappa shape index (κ3) is 3.38. The van der Waals surface area contributed by atoms with Crippen molar-refractivity contribution in [1.82, 2.24) is 14.5 Å². The van der Waals surface area contributed by atoms with Crippen LogP contribution in [0.4, 0.5) is 5.69 Å². The maximum atomic E-state index is 12.3. The molecule has 0 radical (unpaired) electrons. The highest BCUT2D eigenvalue weighted by molar-refractivity contribution is 7.13. The van der Waals surface area contributed by atoms with Crippen molar-refractivity contribution in [2.45, 2.75) is 6.92 Å². The molecule has 1 N–H and O–H groups in total. The molecule has 0 bridgehead atoms. The average molecular weight is 411 g/mol. The largest absolute Gasteiger partial charge is 0.322 e. The molecule has 0 spiro atoms. The van der Waals surface area contributed by atoms with Gasteiger partial charge >= 0.3 is 0 Å². The van der Waals surface area contributed by atoms with E-state index in [0.717, 1.165) is 33.2 Å². The van der Waals surface area contributed by atoms with Gasteiger partial charge in [-0.1, -0.05) is 0 Å². The molecule has 0 aliphatic carbocycles. The lowest BCUT2D eigenvalue weighted by atomic mass is 10.1. The minimum absolute atomic E-state index is 0.173. The van der Waals surface area contributed by atoms with Gasteiger partial charge in [0.2, 0.25) is 0 Å². The molecule has 6 heteroatoms. The number of benzene rings is 2. The van der Waals surface area contributed by atoms with E-state index in [-0.39, 0.29) is 5.91 Å². The van der Waals surface area contributed by atoms with Crippen molar-refractivity contribution in [2.75, 3.05) is 5.32 Å². The van der Waals surface area contributed by atoms with Crippen LogP contribution in [-0.2, 0) is 0 Å². The molecule has 5 aromatic rings. The molecule has 30 heavy (non-hydrogen) atoms. The van der Waals surface area contributed by atoms with E-state index in [4.69, 9.17) is 0 Å². The first-order chi connectivity index (χ1) is 14.7. The fraction of sp³-hybridized carbons (Fsp3) is 0.0417. The van der Waals surface area contributed by atoms with E-state index < -0.39 is 0 Å². The molecule has 0 saturated carbocycles. The second-order valence-corrected chi connectivity index (χ2v) is 7.87. The number of nitrogens with one attached hydrogen (secondary N) is 1. The SMILES string of the molecule is Cc1cc2cc(-c3nccs3)ccc2n1-c1ccc(NC(=O)c2cccnc2)cc1. The molecule has 0 saturated heterocycles. The van der Waals surface area contributed by atoms with Crippen molar-refractivity contribution in [3.63, 3.8) is 0 Å². The van der Waals surface area contributed by atoms with Crippen molar-refractivity contribution >= 4 is 33.8 Å². The monoisotopic (exact) mass is 410 g/mol. The molecule has 1 amide bonds. The van der Waals surface area contributed by atoms with Gasteiger partial charge in [-0.2, -0.15) is 0 Å². The summed E-state index contributed by atoms with van der Waals surface area (Å²) in [6, 6.07) is 20.0. The van der Waals surface area contributed by atoms with Gasteiger partial charge in [0.05, 0.1) is 11.1 Å². The number of hydrogen-bond acceptors (Lipinski definition) is 4. The van der Waals surface area contributed by atoms with Crippen molar-refractivity contribution < 1.29 is 4.79 Å². The summed E-state index contributed by atoms with van der Waals surface area (Å²) >= 11 is 1.64. The van der Waals surface area contributed by atoms with Crippen LogP contribution in [0.2, 0.25) is 0 Å². The summed E-state index contributed by atoms with van der Waals surface area (Å²) in [5.41, 5.74) is 5.73. The number of aryl methyl sites for hydroxylation is 1. The first-order valence-electron chi connectivity index (χ1n) is 9.53. The molecule has 3 heterocycles. The van der Waals surface area contributed by atoms with E-state index in [1.54, 1.807) is 35.9 Å². The Morgan fingerprint density at radius 3 is 2.63 bits per heavy atom. The van der Waals surface area contributed by atoms with Gasteiger partial charge in [-0.3, -0.25) is 9.78 Å². The summed E-state index contributed by atoms with van der Waals surface area (Å²) in [6.45, 7) is 2.10. The lowest BCUT2D eigenvalue weighted by Crippen LogP contribution is -2.12. The number of aromatic nitrogens is 3. The van der Waals surface area contributed by atoms with Crippen molar-refractivity contribution in [2.24, 2.45) is 0 Å². The van der Waals surface area contributed by atoms with Crippen LogP contribution in [0.3, 0.4) is 0 Å². The molecule has 5 nitrogen and oxygen atoms in total. The number of nitrogens with zero attached hydrogens (tertiary/aromatic N) is 3. The lowest BCUT2D eigenvalue weighted by Gasteiger charge is -2.11. The van der Waals surface area contributed by atoms with Gasteiger partial charge in [0.25, 0.3) is 5.91 Å². The molecule has 0 aliphatic heterocycles. The molecule has 0 atom stereocenters. The molecule has 0 aliphatic rings. The quantitative estimate of drug-likeness (QED) is 0.413. The lowest BCUT2D eigenvalue weighted by molar-refractivity contribution is 0.102. The van der Waals surface area contributed by atoms with Gasteiger partial charge in [0, 0.05) is 52.0 Å². The topological polar surface area (TPSA) is 59.8 Å². The zero-order chi connectivity index (χ0) is 20.5. The number of rotatable bonds is 4. The zero-order valence-corrected chi connectivity index (χ0v) is 17.1. The van der Waals surface area contributed by atoms with Crippen LogP contribution in [0.5, 0.6) is 0 Å². The van der Waals surface area contributed by atoms with Crippen molar-refractivity contribution in [3.8, 4) is 16.3 Å². The number of pyridine rings is 1. The Morgan fingerprint density at radius 1 is 1.03 bits per heavy atom.